The summed E-state index contributed by atoms with van der Waals surface area (Å²) in [5, 5.41) is 4.74. The van der Waals surface area contributed by atoms with Crippen molar-refractivity contribution >= 4 is 44.0 Å². The lowest BCUT2D eigenvalue weighted by molar-refractivity contribution is 0.597. The van der Waals surface area contributed by atoms with Crippen LogP contribution in [0.3, 0.4) is 0 Å². The highest BCUT2D eigenvalue weighted by Gasteiger charge is 2.14. The third kappa shape index (κ3) is 4.06. The number of nitrogens with zero attached hydrogens (tertiary/aromatic N) is 2. The Balaban J connectivity index is 2.00. The molecule has 1 N–H and O–H groups in total. The van der Waals surface area contributed by atoms with Crippen LogP contribution in [0.5, 0.6) is 0 Å². The zero-order chi connectivity index (χ0) is 19.8. The Morgan fingerprint density at radius 1 is 1.19 bits per heavy atom. The van der Waals surface area contributed by atoms with E-state index in [0.717, 1.165) is 27.7 Å². The monoisotopic (exact) mass is 403 g/mol. The SMILES string of the molecule is CCS(=O)(=O)c1ccc(Nc2ncc3cc(Cl)cc(C(C)C)c3n2)c(C)c1. The molecule has 3 aromatic rings. The first-order chi connectivity index (χ1) is 12.7. The molecule has 0 radical (unpaired) electrons. The van der Waals surface area contributed by atoms with Gasteiger partial charge in [0.25, 0.3) is 0 Å². The molecule has 0 unspecified atom stereocenters. The first kappa shape index (κ1) is 19.6. The molecule has 1 heterocycles. The fourth-order valence-corrected chi connectivity index (χ4v) is 4.09. The van der Waals surface area contributed by atoms with Gasteiger partial charge in [0, 0.05) is 22.3 Å². The summed E-state index contributed by atoms with van der Waals surface area (Å²) in [4.78, 5) is 9.36. The van der Waals surface area contributed by atoms with Gasteiger partial charge in [-0.2, -0.15) is 0 Å². The minimum atomic E-state index is -3.23. The van der Waals surface area contributed by atoms with E-state index in [1.165, 1.54) is 0 Å². The Morgan fingerprint density at radius 3 is 2.56 bits per heavy atom. The quantitative estimate of drug-likeness (QED) is 0.629. The Bertz CT molecular complexity index is 1110. The lowest BCUT2D eigenvalue weighted by Crippen LogP contribution is -2.05. The van der Waals surface area contributed by atoms with E-state index in [9.17, 15) is 8.42 Å². The largest absolute Gasteiger partial charge is 0.324 e. The van der Waals surface area contributed by atoms with Gasteiger partial charge in [-0.1, -0.05) is 32.4 Å². The molecule has 0 saturated heterocycles. The molecule has 0 atom stereocenters. The summed E-state index contributed by atoms with van der Waals surface area (Å²) in [5.41, 5.74) is 3.50. The van der Waals surface area contributed by atoms with Crippen LogP contribution in [0.25, 0.3) is 10.9 Å². The van der Waals surface area contributed by atoms with Crippen molar-refractivity contribution in [2.75, 3.05) is 11.1 Å². The molecule has 5 nitrogen and oxygen atoms in total. The molecule has 0 fully saturated rings. The molecular weight excluding hydrogens is 382 g/mol. The van der Waals surface area contributed by atoms with Gasteiger partial charge in [-0.25, -0.2) is 18.4 Å². The molecule has 7 heteroatoms. The molecule has 0 aliphatic heterocycles. The van der Waals surface area contributed by atoms with Crippen LogP contribution in [-0.2, 0) is 9.84 Å². The molecule has 2 aromatic carbocycles. The van der Waals surface area contributed by atoms with E-state index >= 15 is 0 Å². The van der Waals surface area contributed by atoms with Crippen molar-refractivity contribution in [2.45, 2.75) is 38.5 Å². The summed E-state index contributed by atoms with van der Waals surface area (Å²) in [5.74, 6) is 0.809. The highest BCUT2D eigenvalue weighted by molar-refractivity contribution is 7.91. The fraction of sp³-hybridized carbons (Fsp3) is 0.300. The maximum atomic E-state index is 12.0. The molecule has 0 aliphatic carbocycles. The summed E-state index contributed by atoms with van der Waals surface area (Å²) in [6.45, 7) is 7.68. The summed E-state index contributed by atoms with van der Waals surface area (Å²) in [6, 6.07) is 8.80. The number of benzene rings is 2. The third-order valence-corrected chi connectivity index (χ3v) is 6.43. The van der Waals surface area contributed by atoms with E-state index in [2.05, 4.69) is 29.1 Å². The van der Waals surface area contributed by atoms with Crippen LogP contribution in [0, 0.1) is 6.92 Å². The predicted molar refractivity (Wildman–Crippen MR) is 111 cm³/mol. The standard InChI is InChI=1S/C20H22ClN3O2S/c1-5-27(25,26)16-6-7-18(13(4)8-16)23-20-22-11-14-9-15(21)10-17(12(2)3)19(14)24-20/h6-12H,5H2,1-4H3,(H,22,23,24). The van der Waals surface area contributed by atoms with E-state index in [0.29, 0.717) is 15.9 Å². The highest BCUT2D eigenvalue weighted by Crippen LogP contribution is 2.29. The lowest BCUT2D eigenvalue weighted by Gasteiger charge is -2.13. The van der Waals surface area contributed by atoms with Gasteiger partial charge in [0.15, 0.2) is 9.84 Å². The van der Waals surface area contributed by atoms with Crippen LogP contribution in [0.2, 0.25) is 5.02 Å². The smallest absolute Gasteiger partial charge is 0.227 e. The predicted octanol–water partition coefficient (Wildman–Crippen LogP) is 5.25. The second kappa shape index (κ2) is 7.44. The average Bonchev–Trinajstić information content (AvgIpc) is 2.62. The van der Waals surface area contributed by atoms with Crippen molar-refractivity contribution in [3.05, 3.63) is 52.7 Å². The van der Waals surface area contributed by atoms with Crippen molar-refractivity contribution < 1.29 is 8.42 Å². The Labute approximate surface area is 164 Å². The Morgan fingerprint density at radius 2 is 1.93 bits per heavy atom. The number of aromatic nitrogens is 2. The van der Waals surface area contributed by atoms with E-state index in [1.807, 2.05) is 19.1 Å². The molecule has 3 rings (SSSR count). The molecule has 0 spiro atoms. The van der Waals surface area contributed by atoms with Gasteiger partial charge in [-0.15, -0.1) is 0 Å². The van der Waals surface area contributed by atoms with Crippen LogP contribution in [-0.4, -0.2) is 24.1 Å². The van der Waals surface area contributed by atoms with Crippen molar-refractivity contribution in [3.8, 4) is 0 Å². The number of rotatable bonds is 5. The second-order valence-electron chi connectivity index (χ2n) is 6.79. The van der Waals surface area contributed by atoms with Gasteiger partial charge in [0.05, 0.1) is 16.2 Å². The van der Waals surface area contributed by atoms with Gasteiger partial charge >= 0.3 is 0 Å². The lowest BCUT2D eigenvalue weighted by atomic mass is 10.0. The van der Waals surface area contributed by atoms with E-state index in [4.69, 9.17) is 11.6 Å². The summed E-state index contributed by atoms with van der Waals surface area (Å²) in [7, 11) is -3.23. The van der Waals surface area contributed by atoms with Crippen LogP contribution in [0.1, 0.15) is 37.8 Å². The number of hydrogen-bond donors (Lipinski definition) is 1. The van der Waals surface area contributed by atoms with Gasteiger partial charge in [-0.3, -0.25) is 0 Å². The molecule has 0 aliphatic rings. The minimum Gasteiger partial charge on any atom is -0.324 e. The first-order valence-corrected chi connectivity index (χ1v) is 10.8. The molecule has 0 bridgehead atoms. The van der Waals surface area contributed by atoms with E-state index < -0.39 is 9.84 Å². The summed E-state index contributed by atoms with van der Waals surface area (Å²) >= 11 is 6.20. The van der Waals surface area contributed by atoms with E-state index in [-0.39, 0.29) is 11.7 Å². The molecule has 27 heavy (non-hydrogen) atoms. The highest BCUT2D eigenvalue weighted by atomic mass is 35.5. The fourth-order valence-electron chi connectivity index (χ4n) is 2.89. The van der Waals surface area contributed by atoms with Crippen molar-refractivity contribution in [3.63, 3.8) is 0 Å². The number of hydrogen-bond acceptors (Lipinski definition) is 5. The topological polar surface area (TPSA) is 72.0 Å². The van der Waals surface area contributed by atoms with Crippen LogP contribution >= 0.6 is 11.6 Å². The van der Waals surface area contributed by atoms with Crippen LogP contribution < -0.4 is 5.32 Å². The van der Waals surface area contributed by atoms with Gasteiger partial charge < -0.3 is 5.32 Å². The summed E-state index contributed by atoms with van der Waals surface area (Å²) < 4.78 is 24.1. The maximum Gasteiger partial charge on any atom is 0.227 e. The van der Waals surface area contributed by atoms with Crippen LogP contribution in [0.4, 0.5) is 11.6 Å². The molecule has 0 saturated carbocycles. The first-order valence-electron chi connectivity index (χ1n) is 8.78. The minimum absolute atomic E-state index is 0.0769. The number of aryl methyl sites for hydroxylation is 1. The number of halogens is 1. The molecule has 142 valence electrons. The summed E-state index contributed by atoms with van der Waals surface area (Å²) in [6.07, 6.45) is 1.74. The van der Waals surface area contributed by atoms with Crippen molar-refractivity contribution in [1.29, 1.82) is 0 Å². The maximum absolute atomic E-state index is 12.0. The zero-order valence-electron chi connectivity index (χ0n) is 15.7. The Hall–Kier alpha value is -2.18. The van der Waals surface area contributed by atoms with Gasteiger partial charge in [0.1, 0.15) is 0 Å². The number of sulfone groups is 1. The number of anilines is 2. The number of fused-ring (bicyclic) bond motifs is 1. The van der Waals surface area contributed by atoms with Crippen molar-refractivity contribution in [1.82, 2.24) is 9.97 Å². The average molecular weight is 404 g/mol. The second-order valence-corrected chi connectivity index (χ2v) is 9.50. The van der Waals surface area contributed by atoms with Gasteiger partial charge in [-0.05, 0) is 54.3 Å². The van der Waals surface area contributed by atoms with Crippen molar-refractivity contribution in [2.24, 2.45) is 0 Å². The van der Waals surface area contributed by atoms with E-state index in [1.54, 1.807) is 31.3 Å². The van der Waals surface area contributed by atoms with Crippen LogP contribution in [0.15, 0.2) is 41.4 Å². The molecule has 0 amide bonds. The van der Waals surface area contributed by atoms with Gasteiger partial charge in [0.2, 0.25) is 5.95 Å². The third-order valence-electron chi connectivity index (χ3n) is 4.48. The number of nitrogens with one attached hydrogen (secondary N) is 1. The zero-order valence-corrected chi connectivity index (χ0v) is 17.3. The molecular formula is C20H22ClN3O2S. The Kier molecular flexibility index (Phi) is 5.40. The molecule has 1 aromatic heterocycles. The normalized spacial score (nSPS) is 11.9.